The zero-order valence-electron chi connectivity index (χ0n) is 8.85. The molecule has 18 heavy (non-hydrogen) atoms. The van der Waals surface area contributed by atoms with Gasteiger partial charge in [-0.3, -0.25) is 0 Å². The van der Waals surface area contributed by atoms with Crippen LogP contribution in [0.2, 0.25) is 0 Å². The third kappa shape index (κ3) is 2.78. The second-order valence-corrected chi connectivity index (χ2v) is 5.18. The SMILES string of the molecule is Nc1cnc(Nc2c(F)cc(F)cc2Br)c(Br)c1. The van der Waals surface area contributed by atoms with E-state index in [1.54, 1.807) is 6.07 Å². The summed E-state index contributed by atoms with van der Waals surface area (Å²) in [6, 6.07) is 3.58. The Bertz CT molecular complexity index is 582. The van der Waals surface area contributed by atoms with Gasteiger partial charge in [0.15, 0.2) is 5.82 Å². The minimum atomic E-state index is -0.715. The zero-order valence-corrected chi connectivity index (χ0v) is 12.0. The summed E-state index contributed by atoms with van der Waals surface area (Å²) in [5.74, 6) is -0.989. The molecule has 2 aromatic rings. The Kier molecular flexibility index (Phi) is 3.82. The van der Waals surface area contributed by atoms with Crippen molar-refractivity contribution in [2.75, 3.05) is 11.1 Å². The van der Waals surface area contributed by atoms with Crippen molar-refractivity contribution in [3.8, 4) is 0 Å². The van der Waals surface area contributed by atoms with Crippen LogP contribution in [-0.4, -0.2) is 4.98 Å². The topological polar surface area (TPSA) is 50.9 Å². The Morgan fingerprint density at radius 1 is 1.11 bits per heavy atom. The van der Waals surface area contributed by atoms with E-state index in [9.17, 15) is 8.78 Å². The number of hydrogen-bond donors (Lipinski definition) is 2. The van der Waals surface area contributed by atoms with Gasteiger partial charge in [0.05, 0.1) is 22.0 Å². The van der Waals surface area contributed by atoms with Crippen LogP contribution in [0.25, 0.3) is 0 Å². The van der Waals surface area contributed by atoms with Gasteiger partial charge in [0.2, 0.25) is 0 Å². The van der Waals surface area contributed by atoms with E-state index in [0.29, 0.717) is 16.0 Å². The molecule has 0 aliphatic rings. The Hall–Kier alpha value is -1.21. The number of nitrogens with one attached hydrogen (secondary N) is 1. The maximum atomic E-state index is 13.6. The number of pyridine rings is 1. The van der Waals surface area contributed by atoms with Gasteiger partial charge >= 0.3 is 0 Å². The molecule has 0 saturated carbocycles. The lowest BCUT2D eigenvalue weighted by Gasteiger charge is -2.11. The number of rotatable bonds is 2. The molecule has 0 amide bonds. The number of benzene rings is 1. The van der Waals surface area contributed by atoms with E-state index >= 15 is 0 Å². The number of anilines is 3. The van der Waals surface area contributed by atoms with Gasteiger partial charge in [-0.2, -0.15) is 0 Å². The average Bonchev–Trinajstić information content (AvgIpc) is 2.25. The molecule has 0 fully saturated rings. The minimum Gasteiger partial charge on any atom is -0.397 e. The highest BCUT2D eigenvalue weighted by Crippen LogP contribution is 2.32. The van der Waals surface area contributed by atoms with Crippen molar-refractivity contribution < 1.29 is 8.78 Å². The summed E-state index contributed by atoms with van der Waals surface area (Å²) in [6.45, 7) is 0. The average molecular weight is 379 g/mol. The Morgan fingerprint density at radius 2 is 1.83 bits per heavy atom. The number of halogens is 4. The maximum absolute atomic E-state index is 13.6. The quantitative estimate of drug-likeness (QED) is 0.822. The molecule has 0 saturated heterocycles. The second-order valence-electron chi connectivity index (χ2n) is 3.47. The predicted octanol–water partition coefficient (Wildman–Crippen LogP) is 4.21. The zero-order chi connectivity index (χ0) is 13.3. The van der Waals surface area contributed by atoms with E-state index in [1.165, 1.54) is 6.20 Å². The van der Waals surface area contributed by atoms with E-state index in [-0.39, 0.29) is 10.2 Å². The number of nitrogens with two attached hydrogens (primary N) is 1. The molecule has 1 aromatic carbocycles. The van der Waals surface area contributed by atoms with Crippen LogP contribution in [-0.2, 0) is 0 Å². The predicted molar refractivity (Wildman–Crippen MR) is 73.7 cm³/mol. The highest BCUT2D eigenvalue weighted by atomic mass is 79.9. The molecule has 0 spiro atoms. The first-order chi connectivity index (χ1) is 8.47. The lowest BCUT2D eigenvalue weighted by molar-refractivity contribution is 0.584. The van der Waals surface area contributed by atoms with Crippen LogP contribution < -0.4 is 11.1 Å². The number of hydrogen-bond acceptors (Lipinski definition) is 3. The molecule has 2 rings (SSSR count). The van der Waals surface area contributed by atoms with Crippen molar-refractivity contribution in [1.82, 2.24) is 4.98 Å². The van der Waals surface area contributed by atoms with Gasteiger partial charge in [0.1, 0.15) is 11.6 Å². The van der Waals surface area contributed by atoms with Crippen molar-refractivity contribution in [1.29, 1.82) is 0 Å². The maximum Gasteiger partial charge on any atom is 0.150 e. The van der Waals surface area contributed by atoms with Gasteiger partial charge in [-0.15, -0.1) is 0 Å². The molecule has 3 nitrogen and oxygen atoms in total. The Morgan fingerprint density at radius 3 is 2.44 bits per heavy atom. The smallest absolute Gasteiger partial charge is 0.150 e. The molecule has 94 valence electrons. The van der Waals surface area contributed by atoms with Crippen LogP contribution in [0.15, 0.2) is 33.3 Å². The lowest BCUT2D eigenvalue weighted by Crippen LogP contribution is -2.00. The van der Waals surface area contributed by atoms with Crippen molar-refractivity contribution >= 4 is 49.1 Å². The molecule has 0 atom stereocenters. The molecule has 0 unspecified atom stereocenters. The van der Waals surface area contributed by atoms with E-state index in [4.69, 9.17) is 5.73 Å². The van der Waals surface area contributed by atoms with Crippen LogP contribution in [0, 0.1) is 11.6 Å². The monoisotopic (exact) mass is 377 g/mol. The van der Waals surface area contributed by atoms with Crippen molar-refractivity contribution in [2.24, 2.45) is 0 Å². The van der Waals surface area contributed by atoms with E-state index < -0.39 is 11.6 Å². The Balaban J connectivity index is 2.40. The van der Waals surface area contributed by atoms with E-state index in [0.717, 1.165) is 12.1 Å². The fourth-order valence-corrected chi connectivity index (χ4v) is 2.30. The summed E-state index contributed by atoms with van der Waals surface area (Å²) in [5.41, 5.74) is 6.13. The van der Waals surface area contributed by atoms with E-state index in [1.807, 2.05) is 0 Å². The molecule has 1 heterocycles. The van der Waals surface area contributed by atoms with Crippen LogP contribution >= 0.6 is 31.9 Å². The largest absolute Gasteiger partial charge is 0.397 e. The van der Waals surface area contributed by atoms with Crippen molar-refractivity contribution in [3.05, 3.63) is 45.0 Å². The minimum absolute atomic E-state index is 0.106. The molecule has 3 N–H and O–H groups in total. The van der Waals surface area contributed by atoms with Crippen molar-refractivity contribution in [2.45, 2.75) is 0 Å². The second kappa shape index (κ2) is 5.19. The lowest BCUT2D eigenvalue weighted by atomic mass is 10.3. The van der Waals surface area contributed by atoms with Gasteiger partial charge in [-0.1, -0.05) is 0 Å². The summed E-state index contributed by atoms with van der Waals surface area (Å²) >= 11 is 6.34. The summed E-state index contributed by atoms with van der Waals surface area (Å²) < 4.78 is 27.4. The first-order valence-corrected chi connectivity index (χ1v) is 6.38. The standard InChI is InChI=1S/C11H7Br2F2N3/c12-7-1-5(14)2-9(15)10(7)18-11-8(13)3-6(16)4-17-11/h1-4H,16H2,(H,17,18). The fourth-order valence-electron chi connectivity index (χ4n) is 1.32. The van der Waals surface area contributed by atoms with Crippen LogP contribution in [0.5, 0.6) is 0 Å². The third-order valence-electron chi connectivity index (χ3n) is 2.11. The van der Waals surface area contributed by atoms with Gasteiger partial charge in [0.25, 0.3) is 0 Å². The van der Waals surface area contributed by atoms with Gasteiger partial charge in [-0.05, 0) is 44.0 Å². The van der Waals surface area contributed by atoms with Crippen LogP contribution in [0.4, 0.5) is 26.0 Å². The van der Waals surface area contributed by atoms with Crippen molar-refractivity contribution in [3.63, 3.8) is 0 Å². The van der Waals surface area contributed by atoms with Crippen LogP contribution in [0.3, 0.4) is 0 Å². The molecule has 0 aliphatic carbocycles. The molecule has 0 bridgehead atoms. The first kappa shape index (κ1) is 13.2. The third-order valence-corrected chi connectivity index (χ3v) is 3.34. The summed E-state index contributed by atoms with van der Waals surface area (Å²) in [7, 11) is 0. The van der Waals surface area contributed by atoms with Crippen LogP contribution in [0.1, 0.15) is 0 Å². The normalized spacial score (nSPS) is 10.4. The highest BCUT2D eigenvalue weighted by molar-refractivity contribution is 9.11. The molecule has 0 radical (unpaired) electrons. The Labute approximate surface area is 119 Å². The van der Waals surface area contributed by atoms with Gasteiger partial charge in [-0.25, -0.2) is 13.8 Å². The summed E-state index contributed by atoms with van der Waals surface area (Å²) in [6.07, 6.45) is 1.43. The number of nitrogen functional groups attached to an aromatic ring is 1. The molecule has 0 aliphatic heterocycles. The van der Waals surface area contributed by atoms with E-state index in [2.05, 4.69) is 42.2 Å². The first-order valence-electron chi connectivity index (χ1n) is 4.80. The molecule has 7 heteroatoms. The molecular weight excluding hydrogens is 372 g/mol. The van der Waals surface area contributed by atoms with Gasteiger partial charge in [0, 0.05) is 10.5 Å². The summed E-state index contributed by atoms with van der Waals surface area (Å²) in [4.78, 5) is 4.01. The highest BCUT2D eigenvalue weighted by Gasteiger charge is 2.12. The number of nitrogens with zero attached hydrogens (tertiary/aromatic N) is 1. The molecular formula is C11H7Br2F2N3. The summed E-state index contributed by atoms with van der Waals surface area (Å²) in [5, 5.41) is 2.76. The fraction of sp³-hybridized carbons (Fsp3) is 0. The molecule has 1 aromatic heterocycles. The van der Waals surface area contributed by atoms with Gasteiger partial charge < -0.3 is 11.1 Å². The number of aromatic nitrogens is 1.